The SMILES string of the molecule is CC(C)(C)OC(=O)N1CCC[C@@H]1C(=O)Nc1ccc(C2CC2)cc1. The lowest BCUT2D eigenvalue weighted by molar-refractivity contribution is -0.120. The van der Waals surface area contributed by atoms with Crippen LogP contribution >= 0.6 is 0 Å². The Morgan fingerprint density at radius 2 is 1.79 bits per heavy atom. The predicted molar refractivity (Wildman–Crippen MR) is 93.0 cm³/mol. The number of hydrogen-bond acceptors (Lipinski definition) is 3. The van der Waals surface area contributed by atoms with Gasteiger partial charge in [0.1, 0.15) is 11.6 Å². The van der Waals surface area contributed by atoms with Gasteiger partial charge in [0.15, 0.2) is 0 Å². The first-order valence-corrected chi connectivity index (χ1v) is 8.74. The molecule has 3 rings (SSSR count). The zero-order chi connectivity index (χ0) is 17.3. The normalized spacial score (nSPS) is 20.8. The molecule has 0 unspecified atom stereocenters. The van der Waals surface area contributed by atoms with Crippen molar-refractivity contribution in [1.82, 2.24) is 4.90 Å². The molecule has 5 heteroatoms. The molecular weight excluding hydrogens is 304 g/mol. The first kappa shape index (κ1) is 16.8. The van der Waals surface area contributed by atoms with E-state index in [4.69, 9.17) is 4.74 Å². The summed E-state index contributed by atoms with van der Waals surface area (Å²) in [6, 6.07) is 7.58. The van der Waals surface area contributed by atoms with Gasteiger partial charge in [0, 0.05) is 12.2 Å². The molecule has 130 valence electrons. The summed E-state index contributed by atoms with van der Waals surface area (Å²) >= 11 is 0. The highest BCUT2D eigenvalue weighted by Crippen LogP contribution is 2.40. The molecule has 0 spiro atoms. The van der Waals surface area contributed by atoms with Gasteiger partial charge < -0.3 is 10.1 Å². The summed E-state index contributed by atoms with van der Waals surface area (Å²) < 4.78 is 5.41. The summed E-state index contributed by atoms with van der Waals surface area (Å²) in [5.74, 6) is 0.560. The molecule has 1 aliphatic heterocycles. The molecule has 2 aliphatic rings. The van der Waals surface area contributed by atoms with E-state index in [0.717, 1.165) is 12.1 Å². The topological polar surface area (TPSA) is 58.6 Å². The van der Waals surface area contributed by atoms with Crippen LogP contribution in [0.1, 0.15) is 57.9 Å². The van der Waals surface area contributed by atoms with Crippen LogP contribution in [0, 0.1) is 0 Å². The van der Waals surface area contributed by atoms with E-state index in [9.17, 15) is 9.59 Å². The maximum atomic E-state index is 12.6. The minimum Gasteiger partial charge on any atom is -0.444 e. The Bertz CT molecular complexity index is 614. The summed E-state index contributed by atoms with van der Waals surface area (Å²) in [5.41, 5.74) is 1.56. The first-order chi connectivity index (χ1) is 11.3. The van der Waals surface area contributed by atoms with Gasteiger partial charge in [0.25, 0.3) is 0 Å². The summed E-state index contributed by atoms with van der Waals surface area (Å²) in [5, 5.41) is 2.93. The first-order valence-electron chi connectivity index (χ1n) is 8.74. The van der Waals surface area contributed by atoms with Gasteiger partial charge in [-0.05, 0) is 70.1 Å². The molecule has 1 aromatic rings. The lowest BCUT2D eigenvalue weighted by Crippen LogP contribution is -2.45. The molecule has 2 fully saturated rings. The number of amides is 2. The Morgan fingerprint density at radius 1 is 1.12 bits per heavy atom. The molecule has 0 aromatic heterocycles. The highest BCUT2D eigenvalue weighted by atomic mass is 16.6. The zero-order valence-electron chi connectivity index (χ0n) is 14.7. The molecule has 1 saturated carbocycles. The minimum absolute atomic E-state index is 0.141. The van der Waals surface area contributed by atoms with Crippen LogP contribution in [-0.2, 0) is 9.53 Å². The van der Waals surface area contributed by atoms with Crippen LogP contribution in [0.15, 0.2) is 24.3 Å². The van der Waals surface area contributed by atoms with Crippen LogP contribution in [0.25, 0.3) is 0 Å². The highest BCUT2D eigenvalue weighted by Gasteiger charge is 2.36. The summed E-state index contributed by atoms with van der Waals surface area (Å²) in [6.07, 6.45) is 3.60. The van der Waals surface area contributed by atoms with Gasteiger partial charge in [-0.3, -0.25) is 9.69 Å². The average Bonchev–Trinajstić information content (AvgIpc) is 3.22. The third kappa shape index (κ3) is 4.08. The number of anilines is 1. The smallest absolute Gasteiger partial charge is 0.410 e. The van der Waals surface area contributed by atoms with E-state index >= 15 is 0 Å². The molecule has 5 nitrogen and oxygen atoms in total. The van der Waals surface area contributed by atoms with E-state index in [-0.39, 0.29) is 5.91 Å². The molecule has 1 heterocycles. The fraction of sp³-hybridized carbons (Fsp3) is 0.579. The highest BCUT2D eigenvalue weighted by molar-refractivity contribution is 5.96. The minimum atomic E-state index is -0.556. The molecule has 1 N–H and O–H groups in total. The van der Waals surface area contributed by atoms with Gasteiger partial charge in [-0.15, -0.1) is 0 Å². The number of nitrogens with one attached hydrogen (secondary N) is 1. The van der Waals surface area contributed by atoms with Crippen LogP contribution in [-0.4, -0.2) is 35.1 Å². The van der Waals surface area contributed by atoms with Crippen LogP contribution in [0.4, 0.5) is 10.5 Å². The standard InChI is InChI=1S/C19H26N2O3/c1-19(2,3)24-18(23)21-12-4-5-16(21)17(22)20-15-10-8-14(9-11-15)13-6-7-13/h8-11,13,16H,4-7,12H2,1-3H3,(H,20,22)/t16-/m1/s1. The molecule has 24 heavy (non-hydrogen) atoms. The summed E-state index contributed by atoms with van der Waals surface area (Å²) in [7, 11) is 0. The van der Waals surface area contributed by atoms with E-state index in [1.54, 1.807) is 4.90 Å². The molecular formula is C19H26N2O3. The second-order valence-corrected chi connectivity index (χ2v) is 7.72. The van der Waals surface area contributed by atoms with Gasteiger partial charge in [-0.25, -0.2) is 4.79 Å². The molecule has 1 aromatic carbocycles. The van der Waals surface area contributed by atoms with Gasteiger partial charge in [-0.1, -0.05) is 12.1 Å². The Morgan fingerprint density at radius 3 is 2.38 bits per heavy atom. The van der Waals surface area contributed by atoms with Gasteiger partial charge in [0.05, 0.1) is 0 Å². The van der Waals surface area contributed by atoms with E-state index in [0.29, 0.717) is 18.9 Å². The number of carbonyl (C=O) groups excluding carboxylic acids is 2. The molecule has 1 aliphatic carbocycles. The Balaban J connectivity index is 1.61. The quantitative estimate of drug-likeness (QED) is 0.914. The van der Waals surface area contributed by atoms with Crippen molar-refractivity contribution in [2.45, 2.75) is 64.0 Å². The Labute approximate surface area is 143 Å². The maximum Gasteiger partial charge on any atom is 0.410 e. The number of rotatable bonds is 3. The van der Waals surface area contributed by atoms with Gasteiger partial charge >= 0.3 is 6.09 Å². The van der Waals surface area contributed by atoms with Crippen LogP contribution in [0.5, 0.6) is 0 Å². The van der Waals surface area contributed by atoms with E-state index in [2.05, 4.69) is 17.4 Å². The lowest BCUT2D eigenvalue weighted by Gasteiger charge is -2.28. The largest absolute Gasteiger partial charge is 0.444 e. The van der Waals surface area contributed by atoms with Gasteiger partial charge in [0.2, 0.25) is 5.91 Å². The van der Waals surface area contributed by atoms with Crippen LogP contribution in [0.2, 0.25) is 0 Å². The Hall–Kier alpha value is -2.04. The summed E-state index contributed by atoms with van der Waals surface area (Å²) in [6.45, 7) is 6.06. The fourth-order valence-corrected chi connectivity index (χ4v) is 3.06. The van der Waals surface area contributed by atoms with E-state index < -0.39 is 17.7 Å². The average molecular weight is 330 g/mol. The van der Waals surface area contributed by atoms with Crippen molar-refractivity contribution >= 4 is 17.7 Å². The summed E-state index contributed by atoms with van der Waals surface area (Å²) in [4.78, 5) is 26.4. The van der Waals surface area contributed by atoms with Crippen LogP contribution in [0.3, 0.4) is 0 Å². The second-order valence-electron chi connectivity index (χ2n) is 7.72. The number of carbonyl (C=O) groups is 2. The monoisotopic (exact) mass is 330 g/mol. The van der Waals surface area contributed by atoms with Gasteiger partial charge in [-0.2, -0.15) is 0 Å². The van der Waals surface area contributed by atoms with Crippen molar-refractivity contribution in [1.29, 1.82) is 0 Å². The fourth-order valence-electron chi connectivity index (χ4n) is 3.06. The van der Waals surface area contributed by atoms with Crippen molar-refractivity contribution < 1.29 is 14.3 Å². The number of likely N-dealkylation sites (tertiary alicyclic amines) is 1. The van der Waals surface area contributed by atoms with Crippen molar-refractivity contribution in [3.63, 3.8) is 0 Å². The zero-order valence-corrected chi connectivity index (χ0v) is 14.7. The molecule has 1 saturated heterocycles. The maximum absolute atomic E-state index is 12.6. The number of ether oxygens (including phenoxy) is 1. The van der Waals surface area contributed by atoms with Crippen molar-refractivity contribution in [3.8, 4) is 0 Å². The molecule has 0 bridgehead atoms. The lowest BCUT2D eigenvalue weighted by atomic mass is 10.1. The van der Waals surface area contributed by atoms with Crippen molar-refractivity contribution in [3.05, 3.63) is 29.8 Å². The van der Waals surface area contributed by atoms with Crippen LogP contribution < -0.4 is 5.32 Å². The Kier molecular flexibility index (Phi) is 4.52. The molecule has 1 atom stereocenters. The number of nitrogens with zero attached hydrogens (tertiary/aromatic N) is 1. The molecule has 2 amide bonds. The number of hydrogen-bond donors (Lipinski definition) is 1. The van der Waals surface area contributed by atoms with E-state index in [1.165, 1.54) is 18.4 Å². The van der Waals surface area contributed by atoms with E-state index in [1.807, 2.05) is 32.9 Å². The second kappa shape index (κ2) is 6.46. The third-order valence-electron chi connectivity index (χ3n) is 4.41. The number of benzene rings is 1. The predicted octanol–water partition coefficient (Wildman–Crippen LogP) is 3.90. The van der Waals surface area contributed by atoms with Crippen molar-refractivity contribution in [2.24, 2.45) is 0 Å². The van der Waals surface area contributed by atoms with Crippen molar-refractivity contribution in [2.75, 3.05) is 11.9 Å². The molecule has 0 radical (unpaired) electrons. The third-order valence-corrected chi connectivity index (χ3v) is 4.41.